The number of carbonyl (C=O) groups is 1. The van der Waals surface area contributed by atoms with Crippen LogP contribution in [0.15, 0.2) is 36.4 Å². The van der Waals surface area contributed by atoms with E-state index in [1.807, 2.05) is 25.1 Å². The molecule has 21 heavy (non-hydrogen) atoms. The van der Waals surface area contributed by atoms with Gasteiger partial charge in [-0.1, -0.05) is 41.4 Å². The summed E-state index contributed by atoms with van der Waals surface area (Å²) in [7, 11) is 1.71. The maximum Gasteiger partial charge on any atom is 0.254 e. The second-order valence-corrected chi connectivity index (χ2v) is 5.51. The van der Waals surface area contributed by atoms with Crippen LogP contribution >= 0.6 is 23.2 Å². The van der Waals surface area contributed by atoms with E-state index in [0.29, 0.717) is 10.6 Å². The van der Waals surface area contributed by atoms with E-state index in [2.05, 4.69) is 4.98 Å². The Hall–Kier alpha value is -1.78. The average Bonchev–Trinajstić information content (AvgIpc) is 2.44. The highest BCUT2D eigenvalue weighted by atomic mass is 35.5. The highest BCUT2D eigenvalue weighted by molar-refractivity contribution is 6.31. The molecule has 0 aliphatic rings. The Morgan fingerprint density at radius 1 is 1.29 bits per heavy atom. The topological polar surface area (TPSA) is 59.2 Å². The van der Waals surface area contributed by atoms with Gasteiger partial charge in [-0.3, -0.25) is 4.79 Å². The summed E-state index contributed by atoms with van der Waals surface area (Å²) in [5, 5.41) is 0.814. The summed E-state index contributed by atoms with van der Waals surface area (Å²) in [5.41, 5.74) is 6.90. The Kier molecular flexibility index (Phi) is 4.70. The molecule has 2 N–H and O–H groups in total. The Morgan fingerprint density at radius 2 is 1.95 bits per heavy atom. The van der Waals surface area contributed by atoms with Gasteiger partial charge in [-0.2, -0.15) is 0 Å². The van der Waals surface area contributed by atoms with Gasteiger partial charge in [0, 0.05) is 17.6 Å². The third-order valence-electron chi connectivity index (χ3n) is 3.32. The van der Waals surface area contributed by atoms with Crippen molar-refractivity contribution in [1.29, 1.82) is 0 Å². The van der Waals surface area contributed by atoms with Gasteiger partial charge in [0.2, 0.25) is 0 Å². The summed E-state index contributed by atoms with van der Waals surface area (Å²) in [6.45, 7) is 1.91. The fraction of sp³-hybridized carbons (Fsp3) is 0.200. The summed E-state index contributed by atoms with van der Waals surface area (Å²) in [6.07, 6.45) is 0. The van der Waals surface area contributed by atoms with E-state index in [1.54, 1.807) is 18.0 Å². The number of nitrogens with zero attached hydrogens (tertiary/aromatic N) is 2. The number of nitrogen functional groups attached to an aromatic ring is 1. The lowest BCUT2D eigenvalue weighted by Crippen LogP contribution is -2.30. The number of pyridine rings is 1. The lowest BCUT2D eigenvalue weighted by atomic mass is 10.1. The van der Waals surface area contributed by atoms with Gasteiger partial charge in [0.25, 0.3) is 5.91 Å². The zero-order valence-electron chi connectivity index (χ0n) is 11.7. The predicted octanol–water partition coefficient (Wildman–Crippen LogP) is 3.80. The highest BCUT2D eigenvalue weighted by Crippen LogP contribution is 2.27. The molecule has 0 aliphatic heterocycles. The molecule has 1 heterocycles. The molecule has 1 aromatic heterocycles. The average molecular weight is 324 g/mol. The number of halogens is 2. The van der Waals surface area contributed by atoms with Gasteiger partial charge >= 0.3 is 0 Å². The minimum absolute atomic E-state index is 0.181. The minimum atomic E-state index is -0.196. The number of rotatable bonds is 3. The molecule has 0 aliphatic carbocycles. The molecule has 4 nitrogen and oxygen atoms in total. The van der Waals surface area contributed by atoms with E-state index in [4.69, 9.17) is 28.9 Å². The van der Waals surface area contributed by atoms with Crippen molar-refractivity contribution in [3.05, 3.63) is 57.7 Å². The number of benzene rings is 1. The Bertz CT molecular complexity index is 655. The molecule has 0 saturated carbocycles. The van der Waals surface area contributed by atoms with Crippen LogP contribution in [0.25, 0.3) is 0 Å². The molecular weight excluding hydrogens is 309 g/mol. The fourth-order valence-corrected chi connectivity index (χ4v) is 2.55. The van der Waals surface area contributed by atoms with Gasteiger partial charge in [-0.15, -0.1) is 0 Å². The Morgan fingerprint density at radius 3 is 2.57 bits per heavy atom. The Labute approximate surface area is 133 Å². The van der Waals surface area contributed by atoms with Crippen LogP contribution in [0.2, 0.25) is 10.2 Å². The van der Waals surface area contributed by atoms with Crippen molar-refractivity contribution in [2.75, 3.05) is 12.8 Å². The normalized spacial score (nSPS) is 12.0. The number of anilines is 1. The van der Waals surface area contributed by atoms with Crippen LogP contribution < -0.4 is 5.73 Å². The van der Waals surface area contributed by atoms with Crippen LogP contribution in [0.5, 0.6) is 0 Å². The van der Waals surface area contributed by atoms with Crippen molar-refractivity contribution >= 4 is 34.9 Å². The van der Waals surface area contributed by atoms with Gasteiger partial charge in [0.1, 0.15) is 11.0 Å². The van der Waals surface area contributed by atoms with Gasteiger partial charge in [0.05, 0.1) is 6.04 Å². The van der Waals surface area contributed by atoms with Gasteiger partial charge in [-0.25, -0.2) is 4.98 Å². The largest absolute Gasteiger partial charge is 0.384 e. The molecule has 2 aromatic rings. The number of hydrogen-bond donors (Lipinski definition) is 1. The standard InChI is InChI=1S/C15H15Cl2N3O/c1-9(11-5-3-4-6-12(11)16)20(2)15(21)10-7-13(17)19-14(18)8-10/h3-9H,1-2H3,(H2,18,19). The van der Waals surface area contributed by atoms with Crippen LogP contribution in [0.4, 0.5) is 5.82 Å². The molecule has 1 aromatic carbocycles. The number of nitrogens with two attached hydrogens (primary N) is 1. The maximum atomic E-state index is 12.5. The van der Waals surface area contributed by atoms with Gasteiger partial charge in [-0.05, 0) is 30.7 Å². The molecule has 0 spiro atoms. The Balaban J connectivity index is 2.28. The highest BCUT2D eigenvalue weighted by Gasteiger charge is 2.21. The number of amides is 1. The molecule has 2 rings (SSSR count). The lowest BCUT2D eigenvalue weighted by molar-refractivity contribution is 0.0742. The summed E-state index contributed by atoms with van der Waals surface area (Å²) in [5.74, 6) is 0.0167. The van der Waals surface area contributed by atoms with Crippen molar-refractivity contribution in [2.45, 2.75) is 13.0 Å². The van der Waals surface area contributed by atoms with Crippen molar-refractivity contribution in [1.82, 2.24) is 9.88 Å². The molecule has 0 saturated heterocycles. The second-order valence-electron chi connectivity index (χ2n) is 4.72. The molecule has 1 atom stereocenters. The minimum Gasteiger partial charge on any atom is -0.384 e. The fourth-order valence-electron chi connectivity index (χ4n) is 2.04. The van der Waals surface area contributed by atoms with Crippen LogP contribution in [0, 0.1) is 0 Å². The second kappa shape index (κ2) is 6.33. The van der Waals surface area contributed by atoms with Crippen molar-refractivity contribution in [3.8, 4) is 0 Å². The maximum absolute atomic E-state index is 12.5. The van der Waals surface area contributed by atoms with Crippen LogP contribution in [-0.2, 0) is 0 Å². The van der Waals surface area contributed by atoms with Crippen LogP contribution in [0.1, 0.15) is 28.9 Å². The third-order valence-corrected chi connectivity index (χ3v) is 3.86. The lowest BCUT2D eigenvalue weighted by Gasteiger charge is -2.26. The monoisotopic (exact) mass is 323 g/mol. The first kappa shape index (κ1) is 15.6. The zero-order valence-corrected chi connectivity index (χ0v) is 13.2. The zero-order chi connectivity index (χ0) is 15.6. The van der Waals surface area contributed by atoms with E-state index in [-0.39, 0.29) is 22.9 Å². The molecule has 0 bridgehead atoms. The van der Waals surface area contributed by atoms with Crippen molar-refractivity contribution < 1.29 is 4.79 Å². The summed E-state index contributed by atoms with van der Waals surface area (Å²) >= 11 is 12.0. The quantitative estimate of drug-likeness (QED) is 0.874. The molecule has 0 fully saturated rings. The van der Waals surface area contributed by atoms with Crippen molar-refractivity contribution in [2.24, 2.45) is 0 Å². The first-order valence-corrected chi connectivity index (χ1v) is 7.10. The van der Waals surface area contributed by atoms with Crippen LogP contribution in [-0.4, -0.2) is 22.8 Å². The number of carbonyl (C=O) groups excluding carboxylic acids is 1. The summed E-state index contributed by atoms with van der Waals surface area (Å²) in [4.78, 5) is 18.0. The van der Waals surface area contributed by atoms with Crippen molar-refractivity contribution in [3.63, 3.8) is 0 Å². The molecule has 0 radical (unpaired) electrons. The van der Waals surface area contributed by atoms with Crippen LogP contribution in [0.3, 0.4) is 0 Å². The summed E-state index contributed by atoms with van der Waals surface area (Å²) in [6, 6.07) is 10.2. The molecular formula is C15H15Cl2N3O. The predicted molar refractivity (Wildman–Crippen MR) is 85.6 cm³/mol. The third kappa shape index (κ3) is 3.46. The van der Waals surface area contributed by atoms with E-state index in [1.165, 1.54) is 12.1 Å². The van der Waals surface area contributed by atoms with E-state index < -0.39 is 0 Å². The summed E-state index contributed by atoms with van der Waals surface area (Å²) < 4.78 is 0. The number of hydrogen-bond acceptors (Lipinski definition) is 3. The van der Waals surface area contributed by atoms with E-state index >= 15 is 0 Å². The number of aromatic nitrogens is 1. The van der Waals surface area contributed by atoms with E-state index in [9.17, 15) is 4.79 Å². The molecule has 6 heteroatoms. The smallest absolute Gasteiger partial charge is 0.254 e. The van der Waals surface area contributed by atoms with E-state index in [0.717, 1.165) is 5.56 Å². The SMILES string of the molecule is CC(c1ccccc1Cl)N(C)C(=O)c1cc(N)nc(Cl)c1. The van der Waals surface area contributed by atoms with Gasteiger partial charge in [0.15, 0.2) is 0 Å². The molecule has 1 amide bonds. The first-order chi connectivity index (χ1) is 9.90. The van der Waals surface area contributed by atoms with Gasteiger partial charge < -0.3 is 10.6 Å². The molecule has 1 unspecified atom stereocenters. The molecule has 110 valence electrons. The first-order valence-electron chi connectivity index (χ1n) is 6.35.